The highest BCUT2D eigenvalue weighted by molar-refractivity contribution is 5.70. The lowest BCUT2D eigenvalue weighted by molar-refractivity contribution is -0.384. The van der Waals surface area contributed by atoms with Crippen LogP contribution in [0.5, 0.6) is 5.88 Å². The van der Waals surface area contributed by atoms with E-state index in [1.54, 1.807) is 19.2 Å². The van der Waals surface area contributed by atoms with Crippen molar-refractivity contribution in [3.05, 3.63) is 34.6 Å². The summed E-state index contributed by atoms with van der Waals surface area (Å²) >= 11 is 0. The smallest absolute Gasteiger partial charge is 0.313 e. The zero-order valence-electron chi connectivity index (χ0n) is 10.3. The fraction of sp³-hybridized carbons (Fsp3) is 0.182. The van der Waals surface area contributed by atoms with Crippen LogP contribution in [0.2, 0.25) is 0 Å². The van der Waals surface area contributed by atoms with Crippen LogP contribution >= 0.6 is 0 Å². The Morgan fingerprint density at radius 1 is 1.42 bits per heavy atom. The van der Waals surface area contributed by atoms with E-state index in [1.807, 2.05) is 0 Å². The van der Waals surface area contributed by atoms with Gasteiger partial charge in [-0.2, -0.15) is 0 Å². The minimum Gasteiger partial charge on any atom is -0.481 e. The lowest BCUT2D eigenvalue weighted by Crippen LogP contribution is -2.02. The van der Waals surface area contributed by atoms with Crippen molar-refractivity contribution in [2.45, 2.75) is 0 Å². The van der Waals surface area contributed by atoms with E-state index in [0.29, 0.717) is 17.4 Å². The summed E-state index contributed by atoms with van der Waals surface area (Å²) < 4.78 is 4.99. The number of aromatic nitrogens is 3. The van der Waals surface area contributed by atoms with E-state index < -0.39 is 4.92 Å². The molecule has 0 fully saturated rings. The van der Waals surface area contributed by atoms with Gasteiger partial charge in [-0.15, -0.1) is 0 Å². The van der Waals surface area contributed by atoms with E-state index >= 15 is 0 Å². The van der Waals surface area contributed by atoms with Crippen molar-refractivity contribution in [2.24, 2.45) is 0 Å². The summed E-state index contributed by atoms with van der Waals surface area (Å²) in [6.07, 6.45) is 2.67. The fourth-order valence-electron chi connectivity index (χ4n) is 1.51. The predicted molar refractivity (Wildman–Crippen MR) is 68.0 cm³/mol. The van der Waals surface area contributed by atoms with Crippen molar-refractivity contribution >= 4 is 11.6 Å². The van der Waals surface area contributed by atoms with Gasteiger partial charge in [-0.1, -0.05) is 0 Å². The van der Waals surface area contributed by atoms with Crippen LogP contribution in [0.3, 0.4) is 0 Å². The van der Waals surface area contributed by atoms with Crippen molar-refractivity contribution in [1.82, 2.24) is 15.0 Å². The molecule has 0 unspecified atom stereocenters. The minimum atomic E-state index is -0.526. The number of rotatable bonds is 4. The number of anilines is 1. The summed E-state index contributed by atoms with van der Waals surface area (Å²) in [4.78, 5) is 22.4. The van der Waals surface area contributed by atoms with Gasteiger partial charge in [0.25, 0.3) is 0 Å². The zero-order valence-corrected chi connectivity index (χ0v) is 10.3. The average Bonchev–Trinajstić information content (AvgIpc) is 2.46. The molecule has 2 aromatic rings. The number of hydrogen-bond donors (Lipinski definition) is 1. The van der Waals surface area contributed by atoms with Gasteiger partial charge in [0.05, 0.1) is 12.0 Å². The van der Waals surface area contributed by atoms with Gasteiger partial charge in [0, 0.05) is 24.9 Å². The molecule has 0 aliphatic rings. The lowest BCUT2D eigenvalue weighted by Gasteiger charge is -2.05. The molecular weight excluding hydrogens is 250 g/mol. The first-order chi connectivity index (χ1) is 9.15. The highest BCUT2D eigenvalue weighted by Gasteiger charge is 2.19. The number of pyridine rings is 1. The first-order valence-electron chi connectivity index (χ1n) is 5.35. The van der Waals surface area contributed by atoms with Crippen LogP contribution in [0.1, 0.15) is 0 Å². The van der Waals surface area contributed by atoms with Gasteiger partial charge in [-0.25, -0.2) is 15.0 Å². The summed E-state index contributed by atoms with van der Waals surface area (Å²) in [5, 5.41) is 13.7. The summed E-state index contributed by atoms with van der Waals surface area (Å²) in [5.74, 6) is 0.660. The summed E-state index contributed by atoms with van der Waals surface area (Å²) in [7, 11) is 3.11. The maximum Gasteiger partial charge on any atom is 0.313 e. The Morgan fingerprint density at radius 2 is 2.21 bits per heavy atom. The Bertz CT molecular complexity index is 617. The molecule has 0 saturated heterocycles. The van der Waals surface area contributed by atoms with Crippen LogP contribution in [0.25, 0.3) is 11.3 Å². The standard InChI is InChI=1S/C11H11N5O3/c1-12-11-14-6-8(16(17)18)10(15-11)7-3-4-13-9(5-7)19-2/h3-6H,1-2H3,(H,12,14,15). The molecule has 0 atom stereocenters. The molecule has 0 aliphatic heterocycles. The maximum absolute atomic E-state index is 11.0. The van der Waals surface area contributed by atoms with Crippen LogP contribution in [-0.4, -0.2) is 34.0 Å². The summed E-state index contributed by atoms with van der Waals surface area (Å²) in [5.41, 5.74) is 0.578. The molecule has 2 aromatic heterocycles. The Balaban J connectivity index is 2.60. The van der Waals surface area contributed by atoms with Gasteiger partial charge in [-0.3, -0.25) is 10.1 Å². The van der Waals surface area contributed by atoms with Crippen LogP contribution in [0, 0.1) is 10.1 Å². The zero-order chi connectivity index (χ0) is 13.8. The number of nitro groups is 1. The molecule has 8 nitrogen and oxygen atoms in total. The molecule has 0 saturated carbocycles. The Morgan fingerprint density at radius 3 is 2.84 bits per heavy atom. The van der Waals surface area contributed by atoms with Gasteiger partial charge in [0.2, 0.25) is 11.8 Å². The number of hydrogen-bond acceptors (Lipinski definition) is 7. The van der Waals surface area contributed by atoms with Crippen LogP contribution in [-0.2, 0) is 0 Å². The Labute approximate surface area is 108 Å². The Hall–Kier alpha value is -2.77. The third-order valence-corrected chi connectivity index (χ3v) is 2.41. The van der Waals surface area contributed by atoms with Crippen LogP contribution < -0.4 is 10.1 Å². The molecule has 0 bridgehead atoms. The van der Waals surface area contributed by atoms with Gasteiger partial charge in [0.15, 0.2) is 5.69 Å². The number of methoxy groups -OCH3 is 1. The normalized spacial score (nSPS) is 10.0. The Kier molecular flexibility index (Phi) is 3.51. The largest absolute Gasteiger partial charge is 0.481 e. The number of nitrogens with zero attached hydrogens (tertiary/aromatic N) is 4. The first-order valence-corrected chi connectivity index (χ1v) is 5.35. The second-order valence-corrected chi connectivity index (χ2v) is 3.52. The minimum absolute atomic E-state index is 0.174. The van der Waals surface area contributed by atoms with E-state index in [-0.39, 0.29) is 11.4 Å². The lowest BCUT2D eigenvalue weighted by atomic mass is 10.1. The number of nitrogens with one attached hydrogen (secondary N) is 1. The molecule has 0 aliphatic carbocycles. The third-order valence-electron chi connectivity index (χ3n) is 2.41. The maximum atomic E-state index is 11.0. The molecule has 0 aromatic carbocycles. The highest BCUT2D eigenvalue weighted by atomic mass is 16.6. The molecule has 8 heteroatoms. The summed E-state index contributed by atoms with van der Waals surface area (Å²) in [6, 6.07) is 3.20. The molecule has 0 amide bonds. The molecule has 0 radical (unpaired) electrons. The molecule has 1 N–H and O–H groups in total. The van der Waals surface area contributed by atoms with E-state index in [9.17, 15) is 10.1 Å². The van der Waals surface area contributed by atoms with Crippen molar-refractivity contribution < 1.29 is 9.66 Å². The van der Waals surface area contributed by atoms with Crippen LogP contribution in [0.15, 0.2) is 24.5 Å². The first kappa shape index (κ1) is 12.7. The third kappa shape index (κ3) is 2.57. The fourth-order valence-corrected chi connectivity index (χ4v) is 1.51. The van der Waals surface area contributed by atoms with Crippen LogP contribution in [0.4, 0.5) is 11.6 Å². The van der Waals surface area contributed by atoms with E-state index in [4.69, 9.17) is 4.74 Å². The van der Waals surface area contributed by atoms with Crippen molar-refractivity contribution in [1.29, 1.82) is 0 Å². The summed E-state index contributed by atoms with van der Waals surface area (Å²) in [6.45, 7) is 0. The monoisotopic (exact) mass is 261 g/mol. The topological polar surface area (TPSA) is 103 Å². The quantitative estimate of drug-likeness (QED) is 0.656. The van der Waals surface area contributed by atoms with Gasteiger partial charge >= 0.3 is 5.69 Å². The van der Waals surface area contributed by atoms with E-state index in [1.165, 1.54) is 19.5 Å². The number of ether oxygens (including phenoxy) is 1. The molecular formula is C11H11N5O3. The second kappa shape index (κ2) is 5.25. The molecule has 19 heavy (non-hydrogen) atoms. The molecule has 2 heterocycles. The van der Waals surface area contributed by atoms with Gasteiger partial charge in [-0.05, 0) is 6.07 Å². The van der Waals surface area contributed by atoms with Crippen molar-refractivity contribution in [3.63, 3.8) is 0 Å². The van der Waals surface area contributed by atoms with E-state index in [0.717, 1.165) is 0 Å². The van der Waals surface area contributed by atoms with Crippen molar-refractivity contribution in [2.75, 3.05) is 19.5 Å². The highest BCUT2D eigenvalue weighted by Crippen LogP contribution is 2.29. The SMILES string of the molecule is CNc1ncc([N+](=O)[O-])c(-c2ccnc(OC)c2)n1. The average molecular weight is 261 g/mol. The predicted octanol–water partition coefficient (Wildman–Crippen LogP) is 1.50. The molecule has 98 valence electrons. The van der Waals surface area contributed by atoms with Gasteiger partial charge in [0.1, 0.15) is 6.20 Å². The molecule has 0 spiro atoms. The second-order valence-electron chi connectivity index (χ2n) is 3.52. The molecule has 2 rings (SSSR count). The van der Waals surface area contributed by atoms with Crippen molar-refractivity contribution in [3.8, 4) is 17.1 Å². The van der Waals surface area contributed by atoms with E-state index in [2.05, 4.69) is 20.3 Å². The van der Waals surface area contributed by atoms with Gasteiger partial charge < -0.3 is 10.1 Å².